The molecule has 4 aromatic rings. The number of H-pyrrole nitrogens is 1. The Labute approximate surface area is 271 Å². The van der Waals surface area contributed by atoms with Gasteiger partial charge in [-0.2, -0.15) is 0 Å². The Balaban J connectivity index is 0.000000169. The molecule has 8 rings (SSSR count). The molecule has 0 radical (unpaired) electrons. The number of benzene rings is 1. The number of hydrogen-bond donors (Lipinski definition) is 4. The van der Waals surface area contributed by atoms with Crippen LogP contribution in [-0.4, -0.2) is 74.3 Å². The van der Waals surface area contributed by atoms with Crippen LogP contribution in [0.2, 0.25) is 0 Å². The molecule has 5 N–H and O–H groups in total. The zero-order valence-corrected chi connectivity index (χ0v) is 27.6. The number of nitrogens with zero attached hydrogens (tertiary/aromatic N) is 4. The van der Waals surface area contributed by atoms with Crippen LogP contribution in [0.3, 0.4) is 0 Å². The molecule has 4 unspecified atom stereocenters. The molecule has 1 aliphatic heterocycles. The summed E-state index contributed by atoms with van der Waals surface area (Å²) in [5.74, 6) is 2.14. The molecule has 11 heteroatoms. The van der Waals surface area contributed by atoms with Gasteiger partial charge in [0.05, 0.1) is 39.4 Å². The molecule has 0 spiro atoms. The number of nitrogens with one attached hydrogen (secondary N) is 3. The summed E-state index contributed by atoms with van der Waals surface area (Å²) in [6.07, 6.45) is 12.8. The van der Waals surface area contributed by atoms with E-state index in [0.29, 0.717) is 36.8 Å². The molecule has 3 aromatic heterocycles. The third-order valence-corrected chi connectivity index (χ3v) is 12.3. The first-order chi connectivity index (χ1) is 22.2. The van der Waals surface area contributed by atoms with Gasteiger partial charge in [-0.3, -0.25) is 4.78 Å². The lowest BCUT2D eigenvalue weighted by Crippen LogP contribution is -2.44. The van der Waals surface area contributed by atoms with E-state index < -0.39 is 14.5 Å². The summed E-state index contributed by atoms with van der Waals surface area (Å²) < 4.78 is 26.0. The number of pyridine rings is 1. The second kappa shape index (κ2) is 12.7. The summed E-state index contributed by atoms with van der Waals surface area (Å²) in [6, 6.07) is 18.8. The van der Waals surface area contributed by atoms with E-state index in [2.05, 4.69) is 57.4 Å². The number of ether oxygens (including phenoxy) is 1. The van der Waals surface area contributed by atoms with Crippen molar-refractivity contribution in [2.24, 2.45) is 5.73 Å². The number of hydrogen-bond acceptors (Lipinski definition) is 9. The Bertz CT molecular complexity index is 1770. The topological polar surface area (TPSA) is 146 Å². The highest BCUT2D eigenvalue weighted by molar-refractivity contribution is 7.93. The molecule has 1 saturated heterocycles. The largest absolute Gasteiger partial charge is 0.377 e. The van der Waals surface area contributed by atoms with Crippen molar-refractivity contribution in [3.8, 4) is 11.4 Å². The third kappa shape index (κ3) is 6.43. The number of morpholine rings is 1. The minimum absolute atomic E-state index is 0.182. The monoisotopic (exact) mass is 642 g/mol. The molecule has 0 amide bonds. The van der Waals surface area contributed by atoms with Crippen molar-refractivity contribution < 1.29 is 8.95 Å². The van der Waals surface area contributed by atoms with E-state index in [-0.39, 0.29) is 6.04 Å². The van der Waals surface area contributed by atoms with Crippen LogP contribution >= 0.6 is 0 Å². The molecule has 0 bridgehead atoms. The minimum Gasteiger partial charge on any atom is -0.377 e. The van der Waals surface area contributed by atoms with E-state index in [1.54, 1.807) is 6.20 Å². The summed E-state index contributed by atoms with van der Waals surface area (Å²) in [7, 11) is -2.79. The van der Waals surface area contributed by atoms with Gasteiger partial charge in [0.15, 0.2) is 5.82 Å². The van der Waals surface area contributed by atoms with Gasteiger partial charge < -0.3 is 25.7 Å². The van der Waals surface area contributed by atoms with Crippen LogP contribution in [0, 0.1) is 4.78 Å². The Morgan fingerprint density at radius 3 is 2.61 bits per heavy atom. The van der Waals surface area contributed by atoms with Crippen LogP contribution in [0.1, 0.15) is 69.0 Å². The van der Waals surface area contributed by atoms with Gasteiger partial charge in [-0.25, -0.2) is 19.2 Å². The van der Waals surface area contributed by atoms with Crippen molar-refractivity contribution in [1.82, 2.24) is 25.3 Å². The molecular weight excluding hydrogens is 597 g/mol. The standard InChI is InChI=1S/C20H24N6O2S.C15H22N2/c1-13-12-28-10-9-26(13)17-11-16(20(5-6-20)29(2,21)27)24-19(25-17)15-4-8-23-18-14(15)3-7-22-18;16-12-6-8-13(9-7-12)17-15-10-14(15)11-4-2-1-3-5-11/h3-4,7-8,11,13,21H,5-6,9-10,12H2,1-2H3,(H,22,23);1-5,12-15,17H,6-10,16H2. The maximum absolute atomic E-state index is 12.8. The van der Waals surface area contributed by atoms with Gasteiger partial charge in [0.2, 0.25) is 0 Å². The minimum atomic E-state index is -2.79. The van der Waals surface area contributed by atoms with Crippen molar-refractivity contribution in [2.75, 3.05) is 30.9 Å². The second-order valence-corrected chi connectivity index (χ2v) is 16.1. The number of aromatic amines is 1. The average molecular weight is 643 g/mol. The predicted octanol–water partition coefficient (Wildman–Crippen LogP) is 5.31. The van der Waals surface area contributed by atoms with E-state index in [4.69, 9.17) is 25.2 Å². The number of fused-ring (bicyclic) bond motifs is 1. The van der Waals surface area contributed by atoms with Gasteiger partial charge in [-0.15, -0.1) is 0 Å². The van der Waals surface area contributed by atoms with Gasteiger partial charge in [-0.05, 0) is 69.6 Å². The van der Waals surface area contributed by atoms with Crippen LogP contribution in [0.5, 0.6) is 0 Å². The first-order valence-electron chi connectivity index (χ1n) is 16.7. The Morgan fingerprint density at radius 2 is 1.89 bits per heavy atom. The summed E-state index contributed by atoms with van der Waals surface area (Å²) in [5, 5.41) is 4.75. The van der Waals surface area contributed by atoms with Gasteiger partial charge in [0, 0.05) is 66.3 Å². The van der Waals surface area contributed by atoms with Crippen molar-refractivity contribution in [3.05, 3.63) is 72.2 Å². The average Bonchev–Trinajstić information content (AvgIpc) is 3.98. The highest BCUT2D eigenvalue weighted by Crippen LogP contribution is 2.52. The highest BCUT2D eigenvalue weighted by atomic mass is 32.2. The fourth-order valence-corrected chi connectivity index (χ4v) is 8.54. The lowest BCUT2D eigenvalue weighted by atomic mass is 9.92. The molecule has 1 aromatic carbocycles. The molecule has 46 heavy (non-hydrogen) atoms. The lowest BCUT2D eigenvalue weighted by Gasteiger charge is -2.35. The lowest BCUT2D eigenvalue weighted by molar-refractivity contribution is 0.0985. The van der Waals surface area contributed by atoms with Crippen LogP contribution in [0.25, 0.3) is 22.4 Å². The van der Waals surface area contributed by atoms with Gasteiger partial charge in [-0.1, -0.05) is 30.3 Å². The second-order valence-electron chi connectivity index (χ2n) is 13.6. The van der Waals surface area contributed by atoms with Gasteiger partial charge in [0.25, 0.3) is 0 Å². The zero-order chi connectivity index (χ0) is 31.9. The molecule has 4 atom stereocenters. The Morgan fingerprint density at radius 1 is 1.11 bits per heavy atom. The summed E-state index contributed by atoms with van der Waals surface area (Å²) >= 11 is 0. The van der Waals surface area contributed by atoms with E-state index in [1.807, 2.05) is 24.4 Å². The molecule has 4 fully saturated rings. The maximum Gasteiger partial charge on any atom is 0.162 e. The van der Waals surface area contributed by atoms with Gasteiger partial charge in [0.1, 0.15) is 11.5 Å². The van der Waals surface area contributed by atoms with Crippen molar-refractivity contribution in [2.45, 2.75) is 86.7 Å². The number of nitrogens with two attached hydrogens (primary N) is 1. The molecule has 3 aliphatic carbocycles. The smallest absolute Gasteiger partial charge is 0.162 e. The van der Waals surface area contributed by atoms with Gasteiger partial charge >= 0.3 is 0 Å². The predicted molar refractivity (Wildman–Crippen MR) is 183 cm³/mol. The maximum atomic E-state index is 12.8. The first kappa shape index (κ1) is 31.2. The van der Waals surface area contributed by atoms with E-state index in [1.165, 1.54) is 43.9 Å². The third-order valence-electron chi connectivity index (χ3n) is 10.2. The summed E-state index contributed by atoms with van der Waals surface area (Å²) in [6.45, 7) is 4.13. The van der Waals surface area contributed by atoms with Crippen molar-refractivity contribution in [1.29, 1.82) is 4.78 Å². The van der Waals surface area contributed by atoms with E-state index in [0.717, 1.165) is 53.8 Å². The fourth-order valence-electron chi connectivity index (χ4n) is 7.15. The van der Waals surface area contributed by atoms with Crippen LogP contribution in [0.15, 0.2) is 60.9 Å². The Kier molecular flexibility index (Phi) is 8.60. The molecule has 3 saturated carbocycles. The zero-order valence-electron chi connectivity index (χ0n) is 26.8. The molecule has 10 nitrogen and oxygen atoms in total. The summed E-state index contributed by atoms with van der Waals surface area (Å²) in [5.41, 5.74) is 9.79. The number of anilines is 1. The highest BCUT2D eigenvalue weighted by Gasteiger charge is 2.53. The summed E-state index contributed by atoms with van der Waals surface area (Å²) in [4.78, 5) is 19.4. The number of aromatic nitrogens is 4. The van der Waals surface area contributed by atoms with E-state index >= 15 is 0 Å². The molecular formula is C35H46N8O2S. The molecule has 4 aliphatic rings. The SMILES string of the molecule is CC1COCCN1c1cc(C2(S(C)(=N)=O)CC2)nc(-c2ccnc3[nH]ccc23)n1.NC1CCC(NC2CC2c2ccccc2)CC1. The van der Waals surface area contributed by atoms with Crippen LogP contribution < -0.4 is 16.0 Å². The van der Waals surface area contributed by atoms with Crippen LogP contribution in [-0.2, 0) is 19.2 Å². The van der Waals surface area contributed by atoms with Crippen molar-refractivity contribution in [3.63, 3.8) is 0 Å². The number of rotatable bonds is 7. The normalized spacial score (nSPS) is 28.2. The molecule has 4 heterocycles. The molecule has 244 valence electrons. The van der Waals surface area contributed by atoms with E-state index in [9.17, 15) is 4.21 Å². The fraction of sp³-hybridized carbons (Fsp3) is 0.514. The quantitative estimate of drug-likeness (QED) is 0.212. The Hall–Kier alpha value is -3.38. The van der Waals surface area contributed by atoms with Crippen LogP contribution in [0.4, 0.5) is 5.82 Å². The first-order valence-corrected chi connectivity index (χ1v) is 18.6. The van der Waals surface area contributed by atoms with Crippen molar-refractivity contribution >= 4 is 26.6 Å².